The molecule has 2 aromatic carbocycles. The molecule has 282 valence electrons. The molecule has 2 N–H and O–H groups in total. The number of aryl methyl sites for hydroxylation is 2. The number of rotatable bonds is 4. The number of carbonyl (C=O) groups excluding carboxylic acids is 2. The molecule has 6 aromatic rings. The molecule has 0 atom stereocenters. The first-order valence-corrected chi connectivity index (χ1v) is 14.6. The van der Waals surface area contributed by atoms with E-state index in [2.05, 4.69) is 35.6 Å². The Balaban J connectivity index is -0.000000722. The van der Waals surface area contributed by atoms with E-state index >= 15 is 0 Å². The number of ether oxygens (including phenoxy) is 2. The third-order valence-electron chi connectivity index (χ3n) is 6.85. The SMILES string of the molecule is C.COC(=O)c1ccc2c(-c3c(F)cccc3F)c(C)nn2c1.COC(=O)c1ccc2c(Br)c(C)nn2c1.OB(O)c1c(F)cccc1F.[CH3-].[CH3-].[H-].[K+].[Pd+2]. The van der Waals surface area contributed by atoms with Crippen molar-refractivity contribution in [3.63, 3.8) is 0 Å². The van der Waals surface area contributed by atoms with Crippen molar-refractivity contribution >= 4 is 51.5 Å². The standard InChI is InChI=1S/C16H12F2N2O2.C10H9BrN2O2.C6H5BF2O2.CH4.2CH3.K.Pd.H/c1-9-14(15-11(17)4-3-5-12(15)18)13-7-6-10(16(21)22-2)8-20(13)19-9;1-6-9(11)8-4-3-7(10(14)15-2)5-13(8)12-6;8-4-2-1-3-5(9)6(4)7(10)11;;;;;;/h3-8H,1-2H3;3-5H,1-2H3;1-3,10-11H;1H4;2*1H3;;;/q;;;;2*-1;+1;+2;-1. The Bertz CT molecular complexity index is 2120. The molecule has 0 aliphatic rings. The van der Waals surface area contributed by atoms with Crippen molar-refractivity contribution in [1.29, 1.82) is 0 Å². The van der Waals surface area contributed by atoms with E-state index in [4.69, 9.17) is 10.0 Å². The summed E-state index contributed by atoms with van der Waals surface area (Å²) in [6.45, 7) is 3.56. The summed E-state index contributed by atoms with van der Waals surface area (Å²) < 4.78 is 66.4. The van der Waals surface area contributed by atoms with E-state index in [1.165, 1.54) is 49.2 Å². The fourth-order valence-corrected chi connectivity index (χ4v) is 4.98. The van der Waals surface area contributed by atoms with Crippen LogP contribution in [-0.2, 0) is 29.9 Å². The van der Waals surface area contributed by atoms with Gasteiger partial charge in [0, 0.05) is 18.0 Å². The Morgan fingerprint density at radius 3 is 1.53 bits per heavy atom. The van der Waals surface area contributed by atoms with Crippen LogP contribution in [0.3, 0.4) is 0 Å². The third kappa shape index (κ3) is 12.1. The van der Waals surface area contributed by atoms with Gasteiger partial charge in [0.05, 0.1) is 63.3 Å². The first kappa shape index (κ1) is 52.3. The van der Waals surface area contributed by atoms with Crippen molar-refractivity contribution in [2.24, 2.45) is 0 Å². The maximum Gasteiger partial charge on any atom is 2.00 e. The molecule has 0 radical (unpaired) electrons. The Morgan fingerprint density at radius 1 is 0.717 bits per heavy atom. The Morgan fingerprint density at radius 2 is 1.11 bits per heavy atom. The average molecular weight is 922 g/mol. The number of halogens is 5. The van der Waals surface area contributed by atoms with Crippen LogP contribution >= 0.6 is 15.9 Å². The largest absolute Gasteiger partial charge is 2.00 e. The molecule has 0 amide bonds. The number of hydrogen-bond acceptors (Lipinski definition) is 8. The van der Waals surface area contributed by atoms with Gasteiger partial charge in [-0.3, -0.25) is 0 Å². The van der Waals surface area contributed by atoms with Crippen LogP contribution in [-0.4, -0.2) is 62.6 Å². The first-order valence-electron chi connectivity index (χ1n) is 13.8. The molecular weight excluding hydrogens is 885 g/mol. The minimum absolute atomic E-state index is 0. The van der Waals surface area contributed by atoms with E-state index in [0.717, 1.165) is 33.9 Å². The molecule has 10 nitrogen and oxygen atoms in total. The molecule has 4 heterocycles. The van der Waals surface area contributed by atoms with Crippen molar-refractivity contribution < 1.29 is 120 Å². The van der Waals surface area contributed by atoms with Crippen LogP contribution in [0.1, 0.15) is 41.0 Å². The van der Waals surface area contributed by atoms with E-state index in [9.17, 15) is 27.2 Å². The maximum absolute atomic E-state index is 14.0. The van der Waals surface area contributed by atoms with E-state index < -0.39 is 41.8 Å². The summed E-state index contributed by atoms with van der Waals surface area (Å²) >= 11 is 3.43. The number of pyridine rings is 2. The van der Waals surface area contributed by atoms with Crippen LogP contribution in [0.4, 0.5) is 17.6 Å². The van der Waals surface area contributed by atoms with Crippen molar-refractivity contribution in [3.8, 4) is 11.1 Å². The predicted molar refractivity (Wildman–Crippen MR) is 192 cm³/mol. The van der Waals surface area contributed by atoms with Crippen LogP contribution < -0.4 is 56.8 Å². The first-order chi connectivity index (χ1) is 22.8. The zero-order valence-corrected chi connectivity index (χ0v) is 35.3. The van der Waals surface area contributed by atoms with E-state index in [1.807, 2.05) is 13.0 Å². The van der Waals surface area contributed by atoms with Gasteiger partial charge in [-0.15, -0.1) is 0 Å². The minimum atomic E-state index is -2.10. The van der Waals surface area contributed by atoms with Crippen molar-refractivity contribution in [1.82, 2.24) is 19.2 Å². The predicted octanol–water partition coefficient (Wildman–Crippen LogP) is 3.86. The number of carbonyl (C=O) groups is 2. The molecule has 0 unspecified atom stereocenters. The van der Waals surface area contributed by atoms with Crippen molar-refractivity contribution in [2.45, 2.75) is 21.3 Å². The molecule has 0 aliphatic carbocycles. The van der Waals surface area contributed by atoms with Crippen molar-refractivity contribution in [2.75, 3.05) is 14.2 Å². The fourth-order valence-electron chi connectivity index (χ4n) is 4.58. The molecule has 0 saturated heterocycles. The molecular formula is C35H37BBrF4KN4O6Pd. The van der Waals surface area contributed by atoms with Gasteiger partial charge in [0.1, 0.15) is 23.3 Å². The van der Waals surface area contributed by atoms with Gasteiger partial charge in [0.15, 0.2) is 0 Å². The molecule has 0 fully saturated rings. The number of aromatic nitrogens is 4. The topological polar surface area (TPSA) is 128 Å². The Kier molecular flexibility index (Phi) is 22.9. The summed E-state index contributed by atoms with van der Waals surface area (Å²) in [6, 6.07) is 13.4. The molecule has 0 spiro atoms. The number of nitrogens with zero attached hydrogens (tertiary/aromatic N) is 4. The minimum Gasteiger partial charge on any atom is -1.00 e. The van der Waals surface area contributed by atoms with Gasteiger partial charge >= 0.3 is 90.9 Å². The zero-order chi connectivity index (χ0) is 35.3. The zero-order valence-electron chi connectivity index (χ0n) is 30.0. The monoisotopic (exact) mass is 920 g/mol. The third-order valence-corrected chi connectivity index (χ3v) is 7.83. The van der Waals surface area contributed by atoms with Crippen LogP contribution in [0, 0.1) is 52.0 Å². The van der Waals surface area contributed by atoms with E-state index in [0.29, 0.717) is 27.9 Å². The molecule has 0 saturated carbocycles. The quantitative estimate of drug-likeness (QED) is 0.118. The Labute approximate surface area is 371 Å². The van der Waals surface area contributed by atoms with E-state index in [-0.39, 0.29) is 107 Å². The second-order valence-corrected chi connectivity index (χ2v) is 10.7. The second kappa shape index (κ2) is 23.2. The number of esters is 2. The number of fused-ring (bicyclic) bond motifs is 2. The number of benzene rings is 2. The van der Waals surface area contributed by atoms with Gasteiger partial charge in [0.2, 0.25) is 0 Å². The molecule has 6 rings (SSSR count). The molecule has 4 aromatic heterocycles. The smallest absolute Gasteiger partial charge is 1.00 e. The van der Waals surface area contributed by atoms with Gasteiger partial charge in [-0.25, -0.2) is 36.2 Å². The number of hydrogen-bond donors (Lipinski definition) is 2. The molecule has 53 heavy (non-hydrogen) atoms. The molecule has 0 bridgehead atoms. The summed E-state index contributed by atoms with van der Waals surface area (Å²) in [4.78, 5) is 22.8. The molecule has 0 aliphatic heterocycles. The van der Waals surface area contributed by atoms with Gasteiger partial charge in [-0.2, -0.15) is 10.2 Å². The molecule has 18 heteroatoms. The maximum atomic E-state index is 14.0. The van der Waals surface area contributed by atoms with Gasteiger partial charge in [-0.1, -0.05) is 19.6 Å². The van der Waals surface area contributed by atoms with Gasteiger partial charge in [0.25, 0.3) is 0 Å². The van der Waals surface area contributed by atoms with E-state index in [1.54, 1.807) is 29.8 Å². The summed E-state index contributed by atoms with van der Waals surface area (Å²) in [5, 5.41) is 25.4. The Hall–Kier alpha value is -2.76. The summed E-state index contributed by atoms with van der Waals surface area (Å²) in [5.41, 5.74) is 3.11. The van der Waals surface area contributed by atoms with Gasteiger partial charge in [-0.05, 0) is 78.3 Å². The second-order valence-electron chi connectivity index (χ2n) is 9.94. The van der Waals surface area contributed by atoms with Crippen molar-refractivity contribution in [3.05, 3.63) is 138 Å². The van der Waals surface area contributed by atoms with Crippen LogP contribution in [0.5, 0.6) is 0 Å². The van der Waals surface area contributed by atoms with Crippen LogP contribution in [0.15, 0.2) is 77.5 Å². The normalized spacial score (nSPS) is 9.57. The summed E-state index contributed by atoms with van der Waals surface area (Å²) in [6.07, 6.45) is 3.12. The average Bonchev–Trinajstić information content (AvgIpc) is 3.53. The van der Waals surface area contributed by atoms with Crippen LogP contribution in [0.25, 0.3) is 22.2 Å². The van der Waals surface area contributed by atoms with Gasteiger partial charge < -0.3 is 35.8 Å². The summed E-state index contributed by atoms with van der Waals surface area (Å²) in [7, 11) is 0.536. The fraction of sp³-hybridized carbons (Fsp3) is 0.143. The number of methoxy groups -OCH3 is 2. The van der Waals surface area contributed by atoms with Crippen LogP contribution in [0.2, 0.25) is 0 Å². The summed E-state index contributed by atoms with van der Waals surface area (Å²) in [5.74, 6) is -4.10.